The van der Waals surface area contributed by atoms with E-state index < -0.39 is 25.4 Å². The molecule has 1 aromatic rings. The van der Waals surface area contributed by atoms with E-state index in [2.05, 4.69) is 9.97 Å². The molecule has 92 valence electrons. The van der Waals surface area contributed by atoms with Crippen molar-refractivity contribution in [1.82, 2.24) is 9.97 Å². The largest absolute Gasteiger partial charge is 0.516 e. The molecule has 0 atom stereocenters. The first kappa shape index (κ1) is 8.88. The first-order valence-electron chi connectivity index (χ1n) is 6.87. The molecule has 2 rings (SSSR count). The van der Waals surface area contributed by atoms with Crippen LogP contribution in [0.1, 0.15) is 31.8 Å². The van der Waals surface area contributed by atoms with Crippen LogP contribution in [0.25, 0.3) is 0 Å². The lowest BCUT2D eigenvalue weighted by molar-refractivity contribution is 0.00578. The summed E-state index contributed by atoms with van der Waals surface area (Å²) in [6.45, 7) is 7.68. The van der Waals surface area contributed by atoms with Crippen molar-refractivity contribution in [2.45, 2.75) is 38.9 Å². The summed E-state index contributed by atoms with van der Waals surface area (Å²) in [4.78, 5) is 7.99. The van der Waals surface area contributed by atoms with Crippen molar-refractivity contribution >= 4 is 12.7 Å². The van der Waals surface area contributed by atoms with E-state index in [1.165, 1.54) is 12.4 Å². The lowest BCUT2D eigenvalue weighted by Crippen LogP contribution is -2.41. The molecule has 1 fully saturated rings. The number of hydrogen-bond acceptors (Lipinski definition) is 5. The topological polar surface area (TPSA) is 53.5 Å². The lowest BCUT2D eigenvalue weighted by atomic mass is 9.85. The Hall–Kier alpha value is -1.14. The first-order valence-corrected chi connectivity index (χ1v) is 5.37. The number of aromatic nitrogens is 2. The van der Waals surface area contributed by atoms with Crippen LogP contribution in [0.4, 0.5) is 0 Å². The van der Waals surface area contributed by atoms with Gasteiger partial charge in [-0.05, 0) is 27.7 Å². The third-order valence-corrected chi connectivity index (χ3v) is 3.23. The molecule has 1 aliphatic heterocycles. The molecule has 0 radical (unpaired) electrons. The van der Waals surface area contributed by atoms with E-state index in [0.29, 0.717) is 5.59 Å². The standard InChI is InChI=1S/C11H17BN2O3/c1-10(2)11(3,4)17-12(16-10)8-6-13-7-9(14-8)15-5/h6-7H,1-5H3/i5D3. The Labute approximate surface area is 106 Å². The lowest BCUT2D eigenvalue weighted by Gasteiger charge is -2.32. The summed E-state index contributed by atoms with van der Waals surface area (Å²) in [6, 6.07) is 0. The number of nitrogens with zero attached hydrogens (tertiary/aromatic N) is 2. The Balaban J connectivity index is 2.21. The van der Waals surface area contributed by atoms with E-state index in [0.717, 1.165) is 0 Å². The minimum Gasteiger partial charge on any atom is -0.480 e. The van der Waals surface area contributed by atoms with Crippen molar-refractivity contribution in [3.8, 4) is 5.88 Å². The Kier molecular flexibility index (Phi) is 2.07. The van der Waals surface area contributed by atoms with Crippen LogP contribution in [-0.2, 0) is 9.31 Å². The van der Waals surface area contributed by atoms with Crippen LogP contribution >= 0.6 is 0 Å². The van der Waals surface area contributed by atoms with Crippen LogP contribution in [0.5, 0.6) is 5.88 Å². The van der Waals surface area contributed by atoms with Crippen molar-refractivity contribution in [2.75, 3.05) is 7.04 Å². The minimum absolute atomic E-state index is 0.0859. The quantitative estimate of drug-likeness (QED) is 0.714. The van der Waals surface area contributed by atoms with Crippen LogP contribution in [0.2, 0.25) is 0 Å². The summed E-state index contributed by atoms with van der Waals surface area (Å²) in [7, 11) is -3.27. The van der Waals surface area contributed by atoms with Gasteiger partial charge in [0.25, 0.3) is 0 Å². The Morgan fingerprint density at radius 1 is 1.24 bits per heavy atom. The molecule has 0 unspecified atom stereocenters. The fourth-order valence-electron chi connectivity index (χ4n) is 1.49. The van der Waals surface area contributed by atoms with Gasteiger partial charge in [0.1, 0.15) is 0 Å². The second kappa shape index (κ2) is 3.96. The molecule has 1 aromatic heterocycles. The summed E-state index contributed by atoms with van der Waals surface area (Å²) in [5.41, 5.74) is -0.620. The van der Waals surface area contributed by atoms with E-state index in [9.17, 15) is 0 Å². The second-order valence-corrected chi connectivity index (χ2v) is 4.97. The van der Waals surface area contributed by atoms with Crippen LogP contribution in [0.3, 0.4) is 0 Å². The molecule has 6 heteroatoms. The molecular formula is C11H17BN2O3. The van der Waals surface area contributed by atoms with Gasteiger partial charge in [0.2, 0.25) is 5.88 Å². The second-order valence-electron chi connectivity index (χ2n) is 4.97. The molecule has 0 spiro atoms. The van der Waals surface area contributed by atoms with E-state index in [4.69, 9.17) is 18.2 Å². The van der Waals surface area contributed by atoms with Crippen LogP contribution < -0.4 is 10.3 Å². The van der Waals surface area contributed by atoms with E-state index in [-0.39, 0.29) is 5.88 Å². The Morgan fingerprint density at radius 3 is 2.47 bits per heavy atom. The number of rotatable bonds is 2. The van der Waals surface area contributed by atoms with Crippen molar-refractivity contribution in [2.24, 2.45) is 0 Å². The fourth-order valence-corrected chi connectivity index (χ4v) is 1.49. The average Bonchev–Trinajstić information content (AvgIpc) is 2.46. The van der Waals surface area contributed by atoms with Gasteiger partial charge >= 0.3 is 7.12 Å². The maximum atomic E-state index is 7.06. The van der Waals surface area contributed by atoms with Crippen molar-refractivity contribution in [3.05, 3.63) is 12.4 Å². The van der Waals surface area contributed by atoms with Crippen LogP contribution in [0, 0.1) is 0 Å². The van der Waals surface area contributed by atoms with Gasteiger partial charge in [0.05, 0.1) is 34.1 Å². The third kappa shape index (κ3) is 2.15. The van der Waals surface area contributed by atoms with Gasteiger partial charge in [-0.3, -0.25) is 4.98 Å². The van der Waals surface area contributed by atoms with Gasteiger partial charge in [-0.1, -0.05) is 0 Å². The zero-order chi connectivity index (χ0) is 15.2. The van der Waals surface area contributed by atoms with Gasteiger partial charge in [-0.15, -0.1) is 0 Å². The first-order chi connectivity index (χ1) is 9.00. The number of ether oxygens (including phenoxy) is 1. The van der Waals surface area contributed by atoms with Gasteiger partial charge in [-0.2, -0.15) is 0 Å². The van der Waals surface area contributed by atoms with E-state index in [1.807, 2.05) is 27.7 Å². The number of methoxy groups -OCH3 is 1. The third-order valence-electron chi connectivity index (χ3n) is 3.23. The summed E-state index contributed by atoms with van der Waals surface area (Å²) >= 11 is 0. The predicted molar refractivity (Wildman–Crippen MR) is 64.3 cm³/mol. The molecule has 17 heavy (non-hydrogen) atoms. The molecule has 0 aromatic carbocycles. The van der Waals surface area contributed by atoms with Gasteiger partial charge < -0.3 is 14.0 Å². The normalized spacial score (nSPS) is 24.9. The monoisotopic (exact) mass is 239 g/mol. The highest BCUT2D eigenvalue weighted by molar-refractivity contribution is 6.61. The molecule has 1 aliphatic rings. The molecular weight excluding hydrogens is 219 g/mol. The smallest absolute Gasteiger partial charge is 0.480 e. The highest BCUT2D eigenvalue weighted by Gasteiger charge is 2.52. The summed E-state index contributed by atoms with van der Waals surface area (Å²) in [5, 5.41) is 0. The molecule has 0 aliphatic carbocycles. The van der Waals surface area contributed by atoms with Crippen molar-refractivity contribution in [3.63, 3.8) is 0 Å². The highest BCUT2D eigenvalue weighted by Crippen LogP contribution is 2.36. The summed E-state index contributed by atoms with van der Waals surface area (Å²) in [5.74, 6) is -0.0859. The SMILES string of the molecule is [2H]C([2H])([2H])Oc1cncc(B2OC(C)(C)C(C)(C)O2)n1. The zero-order valence-electron chi connectivity index (χ0n) is 13.4. The predicted octanol–water partition coefficient (Wildman–Crippen LogP) is 0.784. The van der Waals surface area contributed by atoms with Crippen LogP contribution in [-0.4, -0.2) is 35.3 Å². The molecule has 0 N–H and O–H groups in total. The molecule has 5 nitrogen and oxygen atoms in total. The van der Waals surface area contributed by atoms with Crippen molar-refractivity contribution in [1.29, 1.82) is 0 Å². The zero-order valence-corrected chi connectivity index (χ0v) is 10.4. The minimum atomic E-state index is -2.57. The maximum Gasteiger partial charge on any atom is 0.516 e. The molecule has 2 heterocycles. The Morgan fingerprint density at radius 2 is 1.88 bits per heavy atom. The molecule has 0 bridgehead atoms. The summed E-state index contributed by atoms with van der Waals surface area (Å²) < 4.78 is 37.5. The fraction of sp³-hybridized carbons (Fsp3) is 0.636. The maximum absolute atomic E-state index is 7.06. The molecule has 0 amide bonds. The van der Waals surface area contributed by atoms with Gasteiger partial charge in [-0.25, -0.2) is 4.98 Å². The van der Waals surface area contributed by atoms with Crippen molar-refractivity contribution < 1.29 is 18.2 Å². The summed E-state index contributed by atoms with van der Waals surface area (Å²) in [6.07, 6.45) is 2.70. The average molecular weight is 239 g/mol. The van der Waals surface area contributed by atoms with Crippen LogP contribution in [0.15, 0.2) is 12.4 Å². The Bertz CT molecular complexity index is 492. The number of hydrogen-bond donors (Lipinski definition) is 0. The molecule has 0 saturated carbocycles. The van der Waals surface area contributed by atoms with E-state index in [1.54, 1.807) is 0 Å². The highest BCUT2D eigenvalue weighted by atomic mass is 16.7. The van der Waals surface area contributed by atoms with Gasteiger partial charge in [0, 0.05) is 6.20 Å². The molecule has 1 saturated heterocycles. The van der Waals surface area contributed by atoms with E-state index >= 15 is 0 Å². The van der Waals surface area contributed by atoms with Gasteiger partial charge in [0.15, 0.2) is 0 Å².